The number of anilines is 4. The molecule has 0 atom stereocenters. The first-order valence-electron chi connectivity index (χ1n) is 20.8. The van der Waals surface area contributed by atoms with Crippen LogP contribution in [0, 0.1) is 11.8 Å². The van der Waals surface area contributed by atoms with Gasteiger partial charge in [0.15, 0.2) is 0 Å². The first-order valence-corrected chi connectivity index (χ1v) is 25.0. The van der Waals surface area contributed by atoms with Gasteiger partial charge in [-0.25, -0.2) is 0 Å². The van der Waals surface area contributed by atoms with Crippen LogP contribution in [0.25, 0.3) is 0 Å². The Bertz CT molecular complexity index is 2400. The molecule has 0 bridgehead atoms. The molecule has 0 spiro atoms. The lowest BCUT2D eigenvalue weighted by atomic mass is 9.85. The van der Waals surface area contributed by atoms with E-state index < -0.39 is 36.3 Å². The summed E-state index contributed by atoms with van der Waals surface area (Å²) in [6.07, 6.45) is 3.48. The van der Waals surface area contributed by atoms with Crippen molar-refractivity contribution in [2.24, 2.45) is 11.8 Å². The van der Waals surface area contributed by atoms with Gasteiger partial charge in [-0.15, -0.1) is 0 Å². The van der Waals surface area contributed by atoms with Crippen LogP contribution < -0.4 is 9.80 Å². The summed E-state index contributed by atoms with van der Waals surface area (Å²) in [6.45, 7) is 13.1. The molecule has 61 heavy (non-hydrogen) atoms. The normalized spacial score (nSPS) is 12.4. The average molecular weight is 891 g/mol. The van der Waals surface area contributed by atoms with E-state index >= 15 is 0 Å². The van der Waals surface area contributed by atoms with E-state index in [0.717, 1.165) is 48.2 Å². The minimum absolute atomic E-state index is 0.0373. The molecule has 5 aromatic rings. The summed E-state index contributed by atoms with van der Waals surface area (Å²) >= 11 is 0. The van der Waals surface area contributed by atoms with Crippen LogP contribution in [-0.2, 0) is 38.7 Å². The molecule has 0 aliphatic rings. The highest BCUT2D eigenvalue weighted by atomic mass is 32.2. The number of unbranched alkanes of at least 4 members (excludes halogenated alkanes) is 2. The zero-order valence-corrected chi connectivity index (χ0v) is 38.2. The molecule has 5 aromatic carbocycles. The van der Waals surface area contributed by atoms with Gasteiger partial charge in [-0.2, -0.15) is 25.3 Å². The maximum atomic E-state index is 13.1. The fraction of sp³-hybridized carbons (Fsp3) is 0.362. The van der Waals surface area contributed by atoms with Gasteiger partial charge in [0.25, 0.3) is 30.4 Å². The predicted octanol–water partition coefficient (Wildman–Crippen LogP) is 10.7. The van der Waals surface area contributed by atoms with Gasteiger partial charge in [-0.05, 0) is 108 Å². The SMILES string of the molecule is CCCCN(c1ccc(C(c2ccc(N(CCCC)c3cccc(S(=O)(=O)OCC(C)C)c3)cc2)c2ccccc2S(=O)(=O)O)cc1)c1cccc(S(=O)(=O)OCC(C)C)c1. The Morgan fingerprint density at radius 1 is 0.525 bits per heavy atom. The van der Waals surface area contributed by atoms with E-state index in [4.69, 9.17) is 8.37 Å². The van der Waals surface area contributed by atoms with E-state index in [1.807, 2.05) is 98.2 Å². The predicted molar refractivity (Wildman–Crippen MR) is 243 cm³/mol. The fourth-order valence-electron chi connectivity index (χ4n) is 6.85. The van der Waals surface area contributed by atoms with E-state index in [2.05, 4.69) is 13.8 Å². The van der Waals surface area contributed by atoms with Gasteiger partial charge in [-0.1, -0.05) is 109 Å². The summed E-state index contributed by atoms with van der Waals surface area (Å²) in [7, 11) is -12.6. The molecule has 5 rings (SSSR count). The Hall–Kier alpha value is -4.57. The Kier molecular flexibility index (Phi) is 16.3. The zero-order valence-electron chi connectivity index (χ0n) is 35.8. The van der Waals surface area contributed by atoms with E-state index in [0.29, 0.717) is 30.0 Å². The quantitative estimate of drug-likeness (QED) is 0.0402. The maximum absolute atomic E-state index is 13.1. The van der Waals surface area contributed by atoms with Crippen molar-refractivity contribution in [1.29, 1.82) is 0 Å². The molecule has 0 radical (unpaired) electrons. The van der Waals surface area contributed by atoms with Crippen LogP contribution >= 0.6 is 0 Å². The summed E-state index contributed by atoms with van der Waals surface area (Å²) in [6, 6.07) is 35.2. The van der Waals surface area contributed by atoms with E-state index in [1.165, 1.54) is 18.2 Å². The van der Waals surface area contributed by atoms with Crippen LogP contribution in [0.2, 0.25) is 0 Å². The Labute approximate surface area is 363 Å². The number of hydrogen-bond donors (Lipinski definition) is 1. The van der Waals surface area contributed by atoms with Gasteiger partial charge in [0, 0.05) is 41.8 Å². The maximum Gasteiger partial charge on any atom is 0.297 e. The molecule has 0 unspecified atom stereocenters. The molecule has 11 nitrogen and oxygen atoms in total. The minimum atomic E-state index is -4.62. The van der Waals surface area contributed by atoms with Crippen molar-refractivity contribution in [1.82, 2.24) is 0 Å². The van der Waals surface area contributed by atoms with Crippen LogP contribution in [0.4, 0.5) is 22.7 Å². The standard InChI is InChI=1S/C47H58N2O9S3/c1-7-9-29-48(41-15-13-17-43(31-41)60(53,54)57-33-35(3)4)39-25-21-37(22-26-39)47(45-19-11-12-20-46(45)59(50,51)52)38-23-27-40(28-24-38)49(30-10-8-2)42-16-14-18-44(32-42)61(55,56)58-34-36(5)6/h11-28,31-32,35-36,47H,7-10,29-30,33-34H2,1-6H3,(H,50,51,52). The topological polar surface area (TPSA) is 148 Å². The molecule has 0 fully saturated rings. The first kappa shape index (κ1) is 47.5. The molecule has 0 amide bonds. The van der Waals surface area contributed by atoms with Crippen molar-refractivity contribution < 1.29 is 38.2 Å². The molecule has 0 saturated carbocycles. The van der Waals surface area contributed by atoms with Crippen molar-refractivity contribution >= 4 is 53.1 Å². The third-order valence-electron chi connectivity index (χ3n) is 10.0. The number of benzene rings is 5. The van der Waals surface area contributed by atoms with Crippen molar-refractivity contribution in [2.45, 2.75) is 87.8 Å². The third-order valence-corrected chi connectivity index (χ3v) is 13.5. The van der Waals surface area contributed by atoms with Crippen LogP contribution in [-0.4, -0.2) is 56.1 Å². The lowest BCUT2D eigenvalue weighted by Gasteiger charge is -2.28. The van der Waals surface area contributed by atoms with E-state index in [1.54, 1.807) is 42.5 Å². The van der Waals surface area contributed by atoms with Crippen LogP contribution in [0.15, 0.2) is 136 Å². The van der Waals surface area contributed by atoms with Gasteiger partial charge >= 0.3 is 0 Å². The van der Waals surface area contributed by atoms with Crippen molar-refractivity contribution in [3.05, 3.63) is 138 Å². The zero-order chi connectivity index (χ0) is 44.4. The van der Waals surface area contributed by atoms with Crippen molar-refractivity contribution in [3.63, 3.8) is 0 Å². The molecule has 0 aliphatic carbocycles. The molecular weight excluding hydrogens is 833 g/mol. The summed E-state index contributed by atoms with van der Waals surface area (Å²) in [4.78, 5) is 4.02. The van der Waals surface area contributed by atoms with E-state index in [-0.39, 0.29) is 39.7 Å². The fourth-order valence-corrected chi connectivity index (χ4v) is 9.78. The highest BCUT2D eigenvalue weighted by molar-refractivity contribution is 7.87. The minimum Gasteiger partial charge on any atom is -0.341 e. The Balaban J connectivity index is 1.56. The van der Waals surface area contributed by atoms with E-state index in [9.17, 15) is 29.8 Å². The lowest BCUT2D eigenvalue weighted by molar-refractivity contribution is 0.275. The largest absolute Gasteiger partial charge is 0.341 e. The smallest absolute Gasteiger partial charge is 0.297 e. The summed E-state index contributed by atoms with van der Waals surface area (Å²) in [5, 5.41) is 0. The van der Waals surface area contributed by atoms with Gasteiger partial charge < -0.3 is 9.80 Å². The van der Waals surface area contributed by atoms with Crippen LogP contribution in [0.5, 0.6) is 0 Å². The molecule has 0 aromatic heterocycles. The average Bonchev–Trinajstić information content (AvgIpc) is 3.24. The molecule has 0 saturated heterocycles. The molecule has 0 heterocycles. The molecule has 328 valence electrons. The molecular formula is C47H58N2O9S3. The van der Waals surface area contributed by atoms with Crippen LogP contribution in [0.1, 0.15) is 89.8 Å². The van der Waals surface area contributed by atoms with Gasteiger partial charge in [0.2, 0.25) is 0 Å². The van der Waals surface area contributed by atoms with Gasteiger partial charge in [0.1, 0.15) is 0 Å². The second kappa shape index (κ2) is 21.0. The Morgan fingerprint density at radius 3 is 1.31 bits per heavy atom. The number of hydrogen-bond acceptors (Lipinski definition) is 10. The van der Waals surface area contributed by atoms with Gasteiger partial charge in [-0.3, -0.25) is 12.9 Å². The molecule has 0 aliphatic heterocycles. The van der Waals surface area contributed by atoms with Gasteiger partial charge in [0.05, 0.1) is 27.9 Å². The second-order valence-corrected chi connectivity index (χ2v) is 20.5. The molecule has 14 heteroatoms. The highest BCUT2D eigenvalue weighted by Crippen LogP contribution is 2.39. The second-order valence-electron chi connectivity index (χ2n) is 15.9. The number of rotatable bonds is 22. The molecule has 1 N–H and O–H groups in total. The highest BCUT2D eigenvalue weighted by Gasteiger charge is 2.26. The lowest BCUT2D eigenvalue weighted by Crippen LogP contribution is -2.19. The summed E-state index contributed by atoms with van der Waals surface area (Å²) < 4.78 is 99.0. The van der Waals surface area contributed by atoms with Crippen molar-refractivity contribution in [3.8, 4) is 0 Å². The summed E-state index contributed by atoms with van der Waals surface area (Å²) in [5.74, 6) is -0.557. The first-order chi connectivity index (χ1) is 28.9. The van der Waals surface area contributed by atoms with Crippen molar-refractivity contribution in [2.75, 3.05) is 36.1 Å². The van der Waals surface area contributed by atoms with Crippen LogP contribution in [0.3, 0.4) is 0 Å². The Morgan fingerprint density at radius 2 is 0.934 bits per heavy atom. The monoisotopic (exact) mass is 890 g/mol. The summed E-state index contributed by atoms with van der Waals surface area (Å²) in [5.41, 5.74) is 4.85. The number of nitrogens with zero attached hydrogens (tertiary/aromatic N) is 2. The third kappa shape index (κ3) is 12.5.